The van der Waals surface area contributed by atoms with Gasteiger partial charge >= 0.3 is 0 Å². The average Bonchev–Trinajstić information content (AvgIpc) is 3.25. The molecule has 2 aromatic rings. The van der Waals surface area contributed by atoms with Crippen molar-refractivity contribution in [1.29, 1.82) is 0 Å². The van der Waals surface area contributed by atoms with Gasteiger partial charge in [-0.05, 0) is 18.1 Å². The van der Waals surface area contributed by atoms with Gasteiger partial charge in [-0.3, -0.25) is 9.69 Å². The van der Waals surface area contributed by atoms with E-state index >= 15 is 0 Å². The Kier molecular flexibility index (Phi) is 4.72. The van der Waals surface area contributed by atoms with E-state index in [0.717, 1.165) is 57.2 Å². The quantitative estimate of drug-likeness (QED) is 0.844. The van der Waals surface area contributed by atoms with E-state index in [2.05, 4.69) is 16.8 Å². The summed E-state index contributed by atoms with van der Waals surface area (Å²) in [5, 5.41) is 0. The lowest BCUT2D eigenvalue weighted by Crippen LogP contribution is -2.47. The molecule has 2 atom stereocenters. The molecule has 0 saturated carbocycles. The van der Waals surface area contributed by atoms with Crippen LogP contribution >= 0.6 is 0 Å². The van der Waals surface area contributed by atoms with Gasteiger partial charge in [-0.15, -0.1) is 0 Å². The van der Waals surface area contributed by atoms with Crippen LogP contribution in [0.1, 0.15) is 19.0 Å². The molecule has 6 heteroatoms. The molecule has 2 saturated heterocycles. The number of hydrogen-bond donors (Lipinski definition) is 0. The number of morpholine rings is 1. The highest BCUT2D eigenvalue weighted by Crippen LogP contribution is 2.26. The molecule has 25 heavy (non-hydrogen) atoms. The molecule has 0 radical (unpaired) electrons. The molecule has 0 spiro atoms. The Balaban J connectivity index is 1.43. The van der Waals surface area contributed by atoms with Crippen LogP contribution in [0.25, 0.3) is 5.65 Å². The Labute approximate surface area is 148 Å². The molecule has 0 N–H and O–H groups in total. The second kappa shape index (κ2) is 7.14. The maximum absolute atomic E-state index is 12.8. The van der Waals surface area contributed by atoms with Gasteiger partial charge in [0.2, 0.25) is 5.91 Å². The smallest absolute Gasteiger partial charge is 0.228 e. The summed E-state index contributed by atoms with van der Waals surface area (Å²) in [6.07, 6.45) is 5.42. The fraction of sp³-hybridized carbons (Fsp3) is 0.579. The Morgan fingerprint density at radius 3 is 2.88 bits per heavy atom. The lowest BCUT2D eigenvalue weighted by atomic mass is 9.99. The van der Waals surface area contributed by atoms with E-state index in [4.69, 9.17) is 4.74 Å². The molecule has 0 aromatic carbocycles. The zero-order chi connectivity index (χ0) is 17.2. The van der Waals surface area contributed by atoms with Gasteiger partial charge < -0.3 is 14.0 Å². The van der Waals surface area contributed by atoms with Gasteiger partial charge in [-0.25, -0.2) is 4.98 Å². The van der Waals surface area contributed by atoms with Crippen LogP contribution in [0.5, 0.6) is 0 Å². The second-order valence-corrected chi connectivity index (χ2v) is 7.06. The zero-order valence-electron chi connectivity index (χ0n) is 14.8. The zero-order valence-corrected chi connectivity index (χ0v) is 14.8. The minimum Gasteiger partial charge on any atom is -0.379 e. The lowest BCUT2D eigenvalue weighted by Gasteiger charge is -2.34. The fourth-order valence-corrected chi connectivity index (χ4v) is 4.12. The molecule has 2 aliphatic heterocycles. The van der Waals surface area contributed by atoms with Crippen LogP contribution in [0.15, 0.2) is 30.6 Å². The first-order valence-corrected chi connectivity index (χ1v) is 9.27. The van der Waals surface area contributed by atoms with Crippen molar-refractivity contribution >= 4 is 11.6 Å². The number of aromatic nitrogens is 2. The molecule has 1 amide bonds. The topological polar surface area (TPSA) is 50.1 Å². The van der Waals surface area contributed by atoms with E-state index < -0.39 is 0 Å². The number of imidazole rings is 1. The first kappa shape index (κ1) is 16.5. The van der Waals surface area contributed by atoms with E-state index in [-0.39, 0.29) is 5.91 Å². The number of hydrogen-bond acceptors (Lipinski definition) is 4. The van der Waals surface area contributed by atoms with Crippen LogP contribution in [0, 0.1) is 5.92 Å². The maximum atomic E-state index is 12.8. The molecule has 2 aromatic heterocycles. The van der Waals surface area contributed by atoms with Crippen LogP contribution in [0.2, 0.25) is 0 Å². The summed E-state index contributed by atoms with van der Waals surface area (Å²) in [4.78, 5) is 21.9. The SMILES string of the molecule is CC[C@H]1CN(C(=O)Cc2cn3ccccc3n2)C[C@H]1N1CCOCC1. The van der Waals surface area contributed by atoms with Gasteiger partial charge in [0.05, 0.1) is 25.3 Å². The number of carbonyl (C=O) groups excluding carboxylic acids is 1. The van der Waals surface area contributed by atoms with Crippen molar-refractivity contribution in [3.63, 3.8) is 0 Å². The Hall–Kier alpha value is -1.92. The van der Waals surface area contributed by atoms with Crippen LogP contribution in [-0.4, -0.2) is 70.5 Å². The van der Waals surface area contributed by atoms with E-state index in [1.165, 1.54) is 0 Å². The molecule has 134 valence electrons. The molecule has 0 bridgehead atoms. The molecule has 2 fully saturated rings. The van der Waals surface area contributed by atoms with Crippen molar-refractivity contribution in [2.24, 2.45) is 5.92 Å². The second-order valence-electron chi connectivity index (χ2n) is 7.06. The van der Waals surface area contributed by atoms with Crippen LogP contribution in [0.4, 0.5) is 0 Å². The molecule has 4 heterocycles. The maximum Gasteiger partial charge on any atom is 0.228 e. The Morgan fingerprint density at radius 2 is 2.12 bits per heavy atom. The van der Waals surface area contributed by atoms with Crippen molar-refractivity contribution in [2.45, 2.75) is 25.8 Å². The molecule has 0 unspecified atom stereocenters. The Morgan fingerprint density at radius 1 is 1.28 bits per heavy atom. The van der Waals surface area contributed by atoms with E-state index in [0.29, 0.717) is 18.4 Å². The van der Waals surface area contributed by atoms with Crippen molar-refractivity contribution in [1.82, 2.24) is 19.2 Å². The van der Waals surface area contributed by atoms with Gasteiger partial charge in [0.1, 0.15) is 5.65 Å². The van der Waals surface area contributed by atoms with Crippen molar-refractivity contribution < 1.29 is 9.53 Å². The first-order chi connectivity index (χ1) is 12.2. The molecular formula is C19H26N4O2. The third-order valence-corrected chi connectivity index (χ3v) is 5.54. The third kappa shape index (κ3) is 3.41. The van der Waals surface area contributed by atoms with Crippen LogP contribution < -0.4 is 0 Å². The molecule has 2 aliphatic rings. The van der Waals surface area contributed by atoms with E-state index in [1.54, 1.807) is 0 Å². The first-order valence-electron chi connectivity index (χ1n) is 9.27. The van der Waals surface area contributed by atoms with Crippen molar-refractivity contribution in [3.05, 3.63) is 36.3 Å². The summed E-state index contributed by atoms with van der Waals surface area (Å²) in [5.41, 5.74) is 1.74. The molecule has 4 rings (SSSR count). The standard InChI is InChI=1S/C19H26N4O2/c1-2-15-12-23(14-17(15)21-7-9-25-10-8-21)19(24)11-16-13-22-6-4-3-5-18(22)20-16/h3-6,13,15,17H,2,7-12,14H2,1H3/t15-,17+/m0/s1. The van der Waals surface area contributed by atoms with Gasteiger partial charge in [-0.2, -0.15) is 0 Å². The summed E-state index contributed by atoms with van der Waals surface area (Å²) in [6, 6.07) is 6.37. The van der Waals surface area contributed by atoms with Crippen molar-refractivity contribution in [3.8, 4) is 0 Å². The van der Waals surface area contributed by atoms with Crippen LogP contribution in [-0.2, 0) is 16.0 Å². The summed E-state index contributed by atoms with van der Waals surface area (Å²) in [5.74, 6) is 0.751. The molecule has 0 aliphatic carbocycles. The predicted octanol–water partition coefficient (Wildman–Crippen LogP) is 1.45. The largest absolute Gasteiger partial charge is 0.379 e. The predicted molar refractivity (Wildman–Crippen MR) is 95.4 cm³/mol. The number of likely N-dealkylation sites (tertiary alicyclic amines) is 1. The van der Waals surface area contributed by atoms with E-state index in [1.807, 2.05) is 39.9 Å². The number of pyridine rings is 1. The monoisotopic (exact) mass is 342 g/mol. The highest BCUT2D eigenvalue weighted by molar-refractivity contribution is 5.79. The highest BCUT2D eigenvalue weighted by atomic mass is 16.5. The summed E-state index contributed by atoms with van der Waals surface area (Å²) in [6.45, 7) is 7.51. The molecule has 6 nitrogen and oxygen atoms in total. The van der Waals surface area contributed by atoms with Gasteiger partial charge in [-0.1, -0.05) is 19.4 Å². The third-order valence-electron chi connectivity index (χ3n) is 5.54. The number of ether oxygens (including phenoxy) is 1. The van der Waals surface area contributed by atoms with Gasteiger partial charge in [0.15, 0.2) is 0 Å². The number of rotatable bonds is 4. The highest BCUT2D eigenvalue weighted by Gasteiger charge is 2.38. The van der Waals surface area contributed by atoms with Crippen molar-refractivity contribution in [2.75, 3.05) is 39.4 Å². The average molecular weight is 342 g/mol. The summed E-state index contributed by atoms with van der Waals surface area (Å²) < 4.78 is 7.45. The normalized spacial score (nSPS) is 24.9. The lowest BCUT2D eigenvalue weighted by molar-refractivity contribution is -0.129. The minimum atomic E-state index is 0.192. The minimum absolute atomic E-state index is 0.192. The van der Waals surface area contributed by atoms with E-state index in [9.17, 15) is 4.79 Å². The molecular weight excluding hydrogens is 316 g/mol. The fourth-order valence-electron chi connectivity index (χ4n) is 4.12. The van der Waals surface area contributed by atoms with Gasteiger partial charge in [0.25, 0.3) is 0 Å². The number of nitrogens with zero attached hydrogens (tertiary/aromatic N) is 4. The Bertz CT molecular complexity index is 705. The number of carbonyl (C=O) groups is 1. The summed E-state index contributed by atoms with van der Waals surface area (Å²) >= 11 is 0. The summed E-state index contributed by atoms with van der Waals surface area (Å²) in [7, 11) is 0. The van der Waals surface area contributed by atoms with Crippen LogP contribution in [0.3, 0.4) is 0 Å². The number of fused-ring (bicyclic) bond motifs is 1. The number of amides is 1. The van der Waals surface area contributed by atoms with Gasteiger partial charge in [0, 0.05) is 44.6 Å².